The van der Waals surface area contributed by atoms with Crippen LogP contribution in [-0.2, 0) is 4.79 Å². The van der Waals surface area contributed by atoms with Crippen LogP contribution in [0.4, 0.5) is 0 Å². The molecule has 0 radical (unpaired) electrons. The minimum absolute atomic E-state index is 0.779. The highest BCUT2D eigenvalue weighted by molar-refractivity contribution is 9.10. The number of hydrogen-bond acceptors (Lipinski definition) is 3. The molecule has 2 aromatic rings. The van der Waals surface area contributed by atoms with Crippen LogP contribution in [0.25, 0.3) is 5.65 Å². The van der Waals surface area contributed by atoms with Crippen molar-refractivity contribution in [2.24, 2.45) is 0 Å². The van der Waals surface area contributed by atoms with Gasteiger partial charge in [-0.3, -0.25) is 9.20 Å². The highest BCUT2D eigenvalue weighted by Gasteiger charge is 2.29. The van der Waals surface area contributed by atoms with Gasteiger partial charge in [-0.2, -0.15) is 0 Å². The van der Waals surface area contributed by atoms with Gasteiger partial charge in [0.2, 0.25) is 0 Å². The molecule has 0 saturated carbocycles. The average molecular weight is 329 g/mol. The third-order valence-electron chi connectivity index (χ3n) is 2.65. The summed E-state index contributed by atoms with van der Waals surface area (Å²) < 4.78 is 1.94. The first-order chi connectivity index (χ1) is 8.33. The van der Waals surface area contributed by atoms with Gasteiger partial charge < -0.3 is 5.11 Å². The molecule has 0 aliphatic rings. The first-order valence-electron chi connectivity index (χ1n) is 5.38. The molecule has 0 fully saturated rings. The number of hydrogen-bond donors (Lipinski definition) is 1. The number of aliphatic carboxylic acids is 1. The summed E-state index contributed by atoms with van der Waals surface area (Å²) in [5.74, 6) is -0.836. The van der Waals surface area contributed by atoms with Gasteiger partial charge in [-0.25, -0.2) is 4.98 Å². The number of nitrogens with zero attached hydrogens (tertiary/aromatic N) is 2. The van der Waals surface area contributed by atoms with Crippen molar-refractivity contribution in [1.29, 1.82) is 0 Å². The number of pyridine rings is 1. The summed E-state index contributed by atoms with van der Waals surface area (Å²) in [5, 5.41) is 9.18. The minimum atomic E-state index is -0.881. The highest BCUT2D eigenvalue weighted by Crippen LogP contribution is 2.36. The van der Waals surface area contributed by atoms with Crippen LogP contribution in [0.5, 0.6) is 0 Å². The molecule has 1 N–H and O–H groups in total. The lowest BCUT2D eigenvalue weighted by molar-refractivity contribution is -0.138. The molecule has 2 aromatic heterocycles. The summed E-state index contributed by atoms with van der Waals surface area (Å²) in [5.41, 5.74) is 1.83. The lowest BCUT2D eigenvalue weighted by Crippen LogP contribution is -2.27. The first-order valence-corrected chi connectivity index (χ1v) is 6.99. The van der Waals surface area contributed by atoms with Crippen LogP contribution in [0.3, 0.4) is 0 Å². The lowest BCUT2D eigenvalue weighted by atomic mass is 10.2. The van der Waals surface area contributed by atoms with Crippen molar-refractivity contribution in [3.63, 3.8) is 0 Å². The van der Waals surface area contributed by atoms with Crippen molar-refractivity contribution in [3.8, 4) is 0 Å². The van der Waals surface area contributed by atoms with Gasteiger partial charge in [0.25, 0.3) is 0 Å². The lowest BCUT2D eigenvalue weighted by Gasteiger charge is -2.19. The summed E-state index contributed by atoms with van der Waals surface area (Å²) in [6, 6.07) is 3.87. The minimum Gasteiger partial charge on any atom is -0.480 e. The maximum atomic E-state index is 11.2. The summed E-state index contributed by atoms with van der Waals surface area (Å²) >= 11 is 4.74. The van der Waals surface area contributed by atoms with Gasteiger partial charge >= 0.3 is 5.97 Å². The molecule has 18 heavy (non-hydrogen) atoms. The van der Waals surface area contributed by atoms with Crippen molar-refractivity contribution in [2.75, 3.05) is 0 Å². The number of carboxylic acids is 1. The van der Waals surface area contributed by atoms with Gasteiger partial charge in [0.15, 0.2) is 5.65 Å². The van der Waals surface area contributed by atoms with Crippen LogP contribution in [-0.4, -0.2) is 25.2 Å². The van der Waals surface area contributed by atoms with Crippen LogP contribution in [0, 0.1) is 6.92 Å². The third-order valence-corrected chi connectivity index (χ3v) is 4.43. The topological polar surface area (TPSA) is 54.6 Å². The predicted octanol–water partition coefficient (Wildman–Crippen LogP) is 3.36. The van der Waals surface area contributed by atoms with E-state index in [0.29, 0.717) is 0 Å². The van der Waals surface area contributed by atoms with Crippen LogP contribution >= 0.6 is 27.7 Å². The summed E-state index contributed by atoms with van der Waals surface area (Å²) in [6.07, 6.45) is 1.72. The molecule has 0 bridgehead atoms. The van der Waals surface area contributed by atoms with E-state index in [-0.39, 0.29) is 0 Å². The van der Waals surface area contributed by atoms with E-state index >= 15 is 0 Å². The number of fused-ring (bicyclic) bond motifs is 1. The smallest absolute Gasteiger partial charge is 0.319 e. The van der Waals surface area contributed by atoms with E-state index in [9.17, 15) is 9.90 Å². The number of carbonyl (C=O) groups is 1. The molecule has 0 atom stereocenters. The number of aryl methyl sites for hydroxylation is 1. The second kappa shape index (κ2) is 4.59. The molecule has 2 rings (SSSR count). The van der Waals surface area contributed by atoms with Crippen molar-refractivity contribution in [1.82, 2.24) is 9.38 Å². The molecular weight excluding hydrogens is 316 g/mol. The maximum absolute atomic E-state index is 11.2. The molecule has 0 unspecified atom stereocenters. The third kappa shape index (κ3) is 2.27. The number of rotatable bonds is 3. The van der Waals surface area contributed by atoms with Crippen molar-refractivity contribution in [2.45, 2.75) is 30.4 Å². The molecule has 0 spiro atoms. The Hall–Kier alpha value is -1.01. The van der Waals surface area contributed by atoms with Gasteiger partial charge in [-0.15, -0.1) is 11.8 Å². The number of imidazole rings is 1. The molecule has 0 aliphatic carbocycles. The highest BCUT2D eigenvalue weighted by atomic mass is 79.9. The molecular formula is C12H13BrN2O2S. The zero-order chi connectivity index (χ0) is 13.5. The molecule has 4 nitrogen and oxygen atoms in total. The number of carboxylic acid groups (broad SMARTS) is 1. The molecule has 0 saturated heterocycles. The summed E-state index contributed by atoms with van der Waals surface area (Å²) in [6.45, 7) is 5.36. The molecule has 0 aromatic carbocycles. The molecule has 0 aliphatic heterocycles. The van der Waals surface area contributed by atoms with Crippen LogP contribution < -0.4 is 0 Å². The number of aromatic nitrogens is 2. The number of thioether (sulfide) groups is 1. The predicted molar refractivity (Wildman–Crippen MR) is 75.2 cm³/mol. The monoisotopic (exact) mass is 328 g/mol. The average Bonchev–Trinajstić information content (AvgIpc) is 2.66. The Kier molecular flexibility index (Phi) is 3.42. The van der Waals surface area contributed by atoms with Gasteiger partial charge in [0, 0.05) is 5.69 Å². The van der Waals surface area contributed by atoms with Crippen molar-refractivity contribution in [3.05, 3.63) is 28.6 Å². The number of halogens is 1. The Morgan fingerprint density at radius 3 is 2.78 bits per heavy atom. The van der Waals surface area contributed by atoms with Crippen LogP contribution in [0.1, 0.15) is 19.5 Å². The zero-order valence-corrected chi connectivity index (χ0v) is 12.7. The van der Waals surface area contributed by atoms with E-state index in [1.165, 1.54) is 11.8 Å². The summed E-state index contributed by atoms with van der Waals surface area (Å²) in [4.78, 5) is 16.4. The van der Waals surface area contributed by atoms with Crippen LogP contribution in [0.2, 0.25) is 0 Å². The quantitative estimate of drug-likeness (QED) is 0.878. The normalized spacial score (nSPS) is 12.0. The Morgan fingerprint density at radius 2 is 2.17 bits per heavy atom. The first kappa shape index (κ1) is 13.4. The van der Waals surface area contributed by atoms with Gasteiger partial charge in [-0.05, 0) is 48.8 Å². The fourth-order valence-corrected chi connectivity index (χ4v) is 3.14. The Bertz CT molecular complexity index is 622. The van der Waals surface area contributed by atoms with E-state index in [0.717, 1.165) is 20.8 Å². The molecule has 96 valence electrons. The zero-order valence-electron chi connectivity index (χ0n) is 10.3. The fourth-order valence-electron chi connectivity index (χ4n) is 1.58. The van der Waals surface area contributed by atoms with E-state index in [1.54, 1.807) is 20.0 Å². The molecule has 0 amide bonds. The molecule has 2 heterocycles. The van der Waals surface area contributed by atoms with Crippen molar-refractivity contribution >= 4 is 39.3 Å². The van der Waals surface area contributed by atoms with E-state index in [1.807, 2.05) is 23.5 Å². The van der Waals surface area contributed by atoms with E-state index in [4.69, 9.17) is 0 Å². The Labute approximate surface area is 118 Å². The van der Waals surface area contributed by atoms with E-state index in [2.05, 4.69) is 20.9 Å². The van der Waals surface area contributed by atoms with Gasteiger partial charge in [0.05, 0.1) is 11.1 Å². The fraction of sp³-hybridized carbons (Fsp3) is 0.333. The van der Waals surface area contributed by atoms with Crippen molar-refractivity contribution < 1.29 is 9.90 Å². The Morgan fingerprint density at radius 1 is 1.50 bits per heavy atom. The second-order valence-corrected chi connectivity index (χ2v) is 6.97. The standard InChI is InChI=1S/C12H13BrN2O2S/c1-7-4-5-8(18-12(2,3)11(16)17)10-14-6-9(13)15(7)10/h4-6H,1-3H3,(H,16,17). The van der Waals surface area contributed by atoms with Gasteiger partial charge in [-0.1, -0.05) is 0 Å². The molecule has 6 heteroatoms. The van der Waals surface area contributed by atoms with Gasteiger partial charge in [0.1, 0.15) is 9.35 Å². The summed E-state index contributed by atoms with van der Waals surface area (Å²) in [7, 11) is 0. The SMILES string of the molecule is Cc1ccc(SC(C)(C)C(=O)O)c2ncc(Br)n12. The Balaban J connectivity index is 2.53. The second-order valence-electron chi connectivity index (χ2n) is 4.50. The van der Waals surface area contributed by atoms with E-state index < -0.39 is 10.7 Å². The largest absolute Gasteiger partial charge is 0.480 e. The maximum Gasteiger partial charge on any atom is 0.319 e. The van der Waals surface area contributed by atoms with Crippen LogP contribution in [0.15, 0.2) is 27.8 Å².